The molecule has 0 aliphatic carbocycles. The first kappa shape index (κ1) is 16.9. The zero-order valence-corrected chi connectivity index (χ0v) is 12.8. The smallest absolute Gasteiger partial charge is 0.185 e. The lowest BCUT2D eigenvalue weighted by Crippen LogP contribution is -2.25. The van der Waals surface area contributed by atoms with Crippen LogP contribution in [0.5, 0.6) is 0 Å². The number of guanidine groups is 1. The van der Waals surface area contributed by atoms with E-state index in [1.807, 2.05) is 42.5 Å². The SMILES string of the molecule is NC(N)=NCCC[C@H](N=Cc1cccc2ccccc12)C(O)O. The van der Waals surface area contributed by atoms with Crippen LogP contribution < -0.4 is 11.5 Å². The van der Waals surface area contributed by atoms with Gasteiger partial charge in [-0.15, -0.1) is 0 Å². The lowest BCUT2D eigenvalue weighted by molar-refractivity contribution is -0.0589. The molecule has 0 radical (unpaired) electrons. The number of nitrogens with zero attached hydrogens (tertiary/aromatic N) is 2. The number of aliphatic hydroxyl groups is 2. The van der Waals surface area contributed by atoms with Gasteiger partial charge in [0, 0.05) is 18.3 Å². The maximum absolute atomic E-state index is 9.47. The molecule has 0 aliphatic heterocycles. The zero-order chi connectivity index (χ0) is 16.7. The van der Waals surface area contributed by atoms with E-state index in [4.69, 9.17) is 11.5 Å². The Morgan fingerprint density at radius 2 is 1.83 bits per heavy atom. The summed E-state index contributed by atoms with van der Waals surface area (Å²) < 4.78 is 0. The van der Waals surface area contributed by atoms with E-state index >= 15 is 0 Å². The summed E-state index contributed by atoms with van der Waals surface area (Å²) >= 11 is 0. The van der Waals surface area contributed by atoms with Crippen LogP contribution in [0.3, 0.4) is 0 Å². The molecule has 122 valence electrons. The highest BCUT2D eigenvalue weighted by atomic mass is 16.5. The van der Waals surface area contributed by atoms with E-state index in [-0.39, 0.29) is 5.96 Å². The topological polar surface area (TPSA) is 117 Å². The molecule has 0 unspecified atom stereocenters. The van der Waals surface area contributed by atoms with Crippen LogP contribution in [-0.2, 0) is 0 Å². The van der Waals surface area contributed by atoms with Crippen LogP contribution in [0.4, 0.5) is 0 Å². The molecule has 2 rings (SSSR count). The highest BCUT2D eigenvalue weighted by Crippen LogP contribution is 2.17. The molecule has 0 saturated heterocycles. The second kappa shape index (κ2) is 8.26. The van der Waals surface area contributed by atoms with E-state index in [9.17, 15) is 10.2 Å². The zero-order valence-electron chi connectivity index (χ0n) is 12.8. The number of hydrogen-bond acceptors (Lipinski definition) is 4. The van der Waals surface area contributed by atoms with Crippen molar-refractivity contribution >= 4 is 22.9 Å². The predicted molar refractivity (Wildman–Crippen MR) is 93.5 cm³/mol. The summed E-state index contributed by atoms with van der Waals surface area (Å²) in [6.07, 6.45) is 1.27. The minimum atomic E-state index is -1.51. The molecular formula is C17H22N4O2. The van der Waals surface area contributed by atoms with Crippen molar-refractivity contribution in [2.75, 3.05) is 6.54 Å². The fourth-order valence-corrected chi connectivity index (χ4v) is 2.35. The van der Waals surface area contributed by atoms with Gasteiger partial charge in [-0.2, -0.15) is 0 Å². The Hall–Kier alpha value is -2.44. The maximum atomic E-state index is 9.47. The Morgan fingerprint density at radius 3 is 2.57 bits per heavy atom. The predicted octanol–water partition coefficient (Wildman–Crippen LogP) is 0.992. The van der Waals surface area contributed by atoms with Gasteiger partial charge in [0.15, 0.2) is 12.2 Å². The summed E-state index contributed by atoms with van der Waals surface area (Å²) in [7, 11) is 0. The summed E-state index contributed by atoms with van der Waals surface area (Å²) in [5, 5.41) is 21.1. The van der Waals surface area contributed by atoms with E-state index in [1.54, 1.807) is 6.21 Å². The van der Waals surface area contributed by atoms with E-state index in [2.05, 4.69) is 9.98 Å². The molecule has 6 nitrogen and oxygen atoms in total. The minimum absolute atomic E-state index is 0.0327. The molecule has 0 aromatic heterocycles. The van der Waals surface area contributed by atoms with Crippen molar-refractivity contribution in [3.63, 3.8) is 0 Å². The number of fused-ring (bicyclic) bond motifs is 1. The number of nitrogens with two attached hydrogens (primary N) is 2. The fourth-order valence-electron chi connectivity index (χ4n) is 2.35. The monoisotopic (exact) mass is 314 g/mol. The Labute approximate surface area is 135 Å². The van der Waals surface area contributed by atoms with Crippen molar-refractivity contribution in [3.05, 3.63) is 48.0 Å². The Kier molecular flexibility index (Phi) is 6.08. The molecule has 0 saturated carbocycles. The van der Waals surface area contributed by atoms with Gasteiger partial charge in [0.2, 0.25) is 0 Å². The van der Waals surface area contributed by atoms with Crippen molar-refractivity contribution in [1.82, 2.24) is 0 Å². The van der Waals surface area contributed by atoms with Crippen LogP contribution in [0.25, 0.3) is 10.8 Å². The van der Waals surface area contributed by atoms with Gasteiger partial charge in [-0.05, 0) is 23.6 Å². The van der Waals surface area contributed by atoms with Gasteiger partial charge < -0.3 is 21.7 Å². The van der Waals surface area contributed by atoms with E-state index in [0.29, 0.717) is 19.4 Å². The normalized spacial score (nSPS) is 12.8. The van der Waals surface area contributed by atoms with Gasteiger partial charge in [0.1, 0.15) is 6.04 Å². The summed E-state index contributed by atoms with van der Waals surface area (Å²) in [6.45, 7) is 0.440. The second-order valence-electron chi connectivity index (χ2n) is 5.28. The van der Waals surface area contributed by atoms with Gasteiger partial charge in [0.25, 0.3) is 0 Å². The number of benzene rings is 2. The summed E-state index contributed by atoms with van der Waals surface area (Å²) in [6, 6.07) is 13.3. The molecule has 0 spiro atoms. The third kappa shape index (κ3) is 5.05. The number of aliphatic hydroxyl groups excluding tert-OH is 1. The molecule has 23 heavy (non-hydrogen) atoms. The van der Waals surface area contributed by atoms with Gasteiger partial charge in [-0.1, -0.05) is 42.5 Å². The lowest BCUT2D eigenvalue weighted by atomic mass is 10.1. The molecule has 0 fully saturated rings. The van der Waals surface area contributed by atoms with Crippen LogP contribution in [0.1, 0.15) is 18.4 Å². The molecule has 6 N–H and O–H groups in total. The van der Waals surface area contributed by atoms with E-state index in [0.717, 1.165) is 16.3 Å². The van der Waals surface area contributed by atoms with Gasteiger partial charge >= 0.3 is 0 Å². The summed E-state index contributed by atoms with van der Waals surface area (Å²) in [4.78, 5) is 8.20. The van der Waals surface area contributed by atoms with Crippen LogP contribution in [0, 0.1) is 0 Å². The largest absolute Gasteiger partial charge is 0.370 e. The molecular weight excluding hydrogens is 292 g/mol. The minimum Gasteiger partial charge on any atom is -0.370 e. The third-order valence-electron chi connectivity index (χ3n) is 3.52. The molecule has 2 aromatic carbocycles. The molecule has 0 bridgehead atoms. The van der Waals surface area contributed by atoms with Gasteiger partial charge in [0.05, 0.1) is 0 Å². The molecule has 0 aliphatic rings. The lowest BCUT2D eigenvalue weighted by Gasteiger charge is -2.14. The van der Waals surface area contributed by atoms with Crippen molar-refractivity contribution in [2.24, 2.45) is 21.5 Å². The fraction of sp³-hybridized carbons (Fsp3) is 0.294. The first-order chi connectivity index (χ1) is 11.1. The van der Waals surface area contributed by atoms with Crippen LogP contribution >= 0.6 is 0 Å². The first-order valence-electron chi connectivity index (χ1n) is 7.50. The quantitative estimate of drug-likeness (QED) is 0.264. The van der Waals surface area contributed by atoms with E-state index < -0.39 is 12.3 Å². The number of rotatable bonds is 7. The third-order valence-corrected chi connectivity index (χ3v) is 3.52. The van der Waals surface area contributed by atoms with Gasteiger partial charge in [-0.3, -0.25) is 9.98 Å². The van der Waals surface area contributed by atoms with E-state index in [1.165, 1.54) is 0 Å². The average molecular weight is 314 g/mol. The molecule has 0 amide bonds. The molecule has 1 atom stereocenters. The first-order valence-corrected chi connectivity index (χ1v) is 7.50. The van der Waals surface area contributed by atoms with Crippen molar-refractivity contribution in [1.29, 1.82) is 0 Å². The van der Waals surface area contributed by atoms with Crippen LogP contribution in [-0.4, -0.2) is 41.3 Å². The Bertz CT molecular complexity index is 689. The molecule has 0 heterocycles. The number of hydrogen-bond donors (Lipinski definition) is 4. The number of aliphatic imine (C=N–C) groups is 2. The van der Waals surface area contributed by atoms with Crippen molar-refractivity contribution < 1.29 is 10.2 Å². The van der Waals surface area contributed by atoms with Crippen molar-refractivity contribution in [2.45, 2.75) is 25.2 Å². The van der Waals surface area contributed by atoms with Crippen molar-refractivity contribution in [3.8, 4) is 0 Å². The van der Waals surface area contributed by atoms with Gasteiger partial charge in [-0.25, -0.2) is 0 Å². The summed E-state index contributed by atoms with van der Waals surface area (Å²) in [5.74, 6) is 0.0327. The Balaban J connectivity index is 2.09. The van der Waals surface area contributed by atoms with Crippen LogP contribution in [0.15, 0.2) is 52.4 Å². The van der Waals surface area contributed by atoms with Crippen LogP contribution in [0.2, 0.25) is 0 Å². The summed E-state index contributed by atoms with van der Waals surface area (Å²) in [5.41, 5.74) is 11.5. The average Bonchev–Trinajstić information content (AvgIpc) is 2.53. The Morgan fingerprint density at radius 1 is 1.09 bits per heavy atom. The highest BCUT2D eigenvalue weighted by molar-refractivity contribution is 5.99. The second-order valence-corrected chi connectivity index (χ2v) is 5.28. The highest BCUT2D eigenvalue weighted by Gasteiger charge is 2.14. The molecule has 6 heteroatoms. The maximum Gasteiger partial charge on any atom is 0.185 e. The molecule has 2 aromatic rings. The standard InChI is InChI=1S/C17H22N4O2/c18-17(19)20-10-4-9-15(16(22)23)21-11-13-7-3-6-12-5-1-2-8-14(12)13/h1-3,5-8,11,15-16,22-23H,4,9-10H2,(H4,18,19,20)/t15-/m0/s1.